The first-order chi connectivity index (χ1) is 9.03. The quantitative estimate of drug-likeness (QED) is 0.867. The number of nitrogens with one attached hydrogen (secondary N) is 1. The third-order valence-electron chi connectivity index (χ3n) is 3.04. The molecule has 7 heteroatoms. The highest BCUT2D eigenvalue weighted by Crippen LogP contribution is 2.15. The zero-order valence-corrected chi connectivity index (χ0v) is 11.4. The normalized spacial score (nSPS) is 20.4. The summed E-state index contributed by atoms with van der Waals surface area (Å²) in [6.07, 6.45) is 0.528. The Morgan fingerprint density at radius 3 is 2.63 bits per heavy atom. The van der Waals surface area contributed by atoms with Gasteiger partial charge in [0.25, 0.3) is 5.91 Å². The lowest BCUT2D eigenvalue weighted by Crippen LogP contribution is -2.42. The smallest absolute Gasteiger partial charge is 0.304 e. The molecule has 0 bridgehead atoms. The number of hydrogen-bond donors (Lipinski definition) is 1. The standard InChI is InChI=1S/C12H16N2O4S/c1-18-11-7-8-14(9-11)19(16,17)13-12(15)10-5-3-2-4-6-10/h2-6,11H,7-9H2,1H3,(H,13,15). The maximum atomic E-state index is 12.0. The van der Waals surface area contributed by atoms with Crippen molar-refractivity contribution in [2.45, 2.75) is 12.5 Å². The van der Waals surface area contributed by atoms with E-state index >= 15 is 0 Å². The molecular weight excluding hydrogens is 268 g/mol. The predicted octanol–water partition coefficient (Wildman–Crippen LogP) is 0.382. The maximum Gasteiger partial charge on any atom is 0.304 e. The third kappa shape index (κ3) is 3.31. The molecule has 0 saturated carbocycles. The number of carbonyl (C=O) groups excluding carboxylic acids is 1. The Labute approximate surface area is 112 Å². The summed E-state index contributed by atoms with van der Waals surface area (Å²) >= 11 is 0. The number of nitrogens with zero attached hydrogens (tertiary/aromatic N) is 1. The summed E-state index contributed by atoms with van der Waals surface area (Å²) in [5.74, 6) is -0.624. The molecule has 1 aromatic rings. The largest absolute Gasteiger partial charge is 0.380 e. The average molecular weight is 284 g/mol. The summed E-state index contributed by atoms with van der Waals surface area (Å²) in [6.45, 7) is 0.629. The van der Waals surface area contributed by atoms with Gasteiger partial charge >= 0.3 is 10.2 Å². The number of benzene rings is 1. The fraction of sp³-hybridized carbons (Fsp3) is 0.417. The lowest BCUT2D eigenvalue weighted by molar-refractivity contribution is 0.0977. The van der Waals surface area contributed by atoms with Crippen LogP contribution in [-0.2, 0) is 14.9 Å². The SMILES string of the molecule is COC1CCN(S(=O)(=O)NC(=O)c2ccccc2)C1. The van der Waals surface area contributed by atoms with Crippen LogP contribution in [0.15, 0.2) is 30.3 Å². The van der Waals surface area contributed by atoms with Gasteiger partial charge in [0.15, 0.2) is 0 Å². The van der Waals surface area contributed by atoms with Gasteiger partial charge in [-0.15, -0.1) is 0 Å². The molecule has 1 aromatic carbocycles. The van der Waals surface area contributed by atoms with E-state index in [-0.39, 0.29) is 12.6 Å². The molecule has 1 saturated heterocycles. The molecule has 2 rings (SSSR count). The van der Waals surface area contributed by atoms with Gasteiger partial charge in [0.2, 0.25) is 0 Å². The fourth-order valence-electron chi connectivity index (χ4n) is 1.94. The molecule has 0 aromatic heterocycles. The van der Waals surface area contributed by atoms with Crippen molar-refractivity contribution in [3.8, 4) is 0 Å². The Morgan fingerprint density at radius 2 is 2.05 bits per heavy atom. The second kappa shape index (κ2) is 5.68. The summed E-state index contributed by atoms with van der Waals surface area (Å²) in [6, 6.07) is 8.24. The van der Waals surface area contributed by atoms with E-state index in [1.165, 1.54) is 4.31 Å². The van der Waals surface area contributed by atoms with Gasteiger partial charge in [0, 0.05) is 25.8 Å². The molecule has 1 heterocycles. The molecule has 1 fully saturated rings. The lowest BCUT2D eigenvalue weighted by Gasteiger charge is -2.16. The topological polar surface area (TPSA) is 75.7 Å². The minimum absolute atomic E-state index is 0.108. The zero-order valence-electron chi connectivity index (χ0n) is 10.6. The van der Waals surface area contributed by atoms with Gasteiger partial charge < -0.3 is 4.74 Å². The molecule has 0 radical (unpaired) electrons. The average Bonchev–Trinajstić information content (AvgIpc) is 2.89. The Hall–Kier alpha value is -1.44. The van der Waals surface area contributed by atoms with E-state index in [1.807, 2.05) is 0 Å². The second-order valence-corrected chi connectivity index (χ2v) is 5.98. The molecular formula is C12H16N2O4S. The van der Waals surface area contributed by atoms with Gasteiger partial charge in [-0.1, -0.05) is 18.2 Å². The molecule has 1 aliphatic heterocycles. The van der Waals surface area contributed by atoms with E-state index in [2.05, 4.69) is 4.72 Å². The summed E-state index contributed by atoms with van der Waals surface area (Å²) < 4.78 is 32.4. The van der Waals surface area contributed by atoms with E-state index in [9.17, 15) is 13.2 Å². The van der Waals surface area contributed by atoms with Crippen molar-refractivity contribution in [1.29, 1.82) is 0 Å². The number of methoxy groups -OCH3 is 1. The van der Waals surface area contributed by atoms with Crippen molar-refractivity contribution in [3.63, 3.8) is 0 Å². The molecule has 0 spiro atoms. The Kier molecular flexibility index (Phi) is 4.18. The number of amides is 1. The predicted molar refractivity (Wildman–Crippen MR) is 69.8 cm³/mol. The highest BCUT2D eigenvalue weighted by Gasteiger charge is 2.32. The van der Waals surface area contributed by atoms with Crippen LogP contribution in [-0.4, -0.2) is 44.9 Å². The van der Waals surface area contributed by atoms with Crippen LogP contribution in [0.3, 0.4) is 0 Å². The van der Waals surface area contributed by atoms with Gasteiger partial charge in [-0.2, -0.15) is 12.7 Å². The van der Waals surface area contributed by atoms with Gasteiger partial charge in [-0.3, -0.25) is 4.79 Å². The first kappa shape index (κ1) is 14.0. The fourth-order valence-corrected chi connectivity index (χ4v) is 3.13. The van der Waals surface area contributed by atoms with Crippen molar-refractivity contribution in [1.82, 2.24) is 9.03 Å². The van der Waals surface area contributed by atoms with Crippen LogP contribution in [0.1, 0.15) is 16.8 Å². The number of rotatable bonds is 4. The number of carbonyl (C=O) groups is 1. The van der Waals surface area contributed by atoms with Crippen LogP contribution in [0, 0.1) is 0 Å². The third-order valence-corrected chi connectivity index (χ3v) is 4.49. The minimum Gasteiger partial charge on any atom is -0.380 e. The molecule has 19 heavy (non-hydrogen) atoms. The lowest BCUT2D eigenvalue weighted by atomic mass is 10.2. The molecule has 1 N–H and O–H groups in total. The summed E-state index contributed by atoms with van der Waals surface area (Å²) in [5.41, 5.74) is 0.313. The minimum atomic E-state index is -3.80. The van der Waals surface area contributed by atoms with E-state index in [0.29, 0.717) is 18.5 Å². The Bertz CT molecular complexity index is 544. The van der Waals surface area contributed by atoms with Crippen LogP contribution in [0.5, 0.6) is 0 Å². The molecule has 1 unspecified atom stereocenters. The van der Waals surface area contributed by atoms with Crippen LogP contribution in [0.2, 0.25) is 0 Å². The highest BCUT2D eigenvalue weighted by atomic mass is 32.2. The van der Waals surface area contributed by atoms with Crippen LogP contribution >= 0.6 is 0 Å². The Morgan fingerprint density at radius 1 is 1.37 bits per heavy atom. The van der Waals surface area contributed by atoms with E-state index in [0.717, 1.165) is 0 Å². The molecule has 6 nitrogen and oxygen atoms in total. The van der Waals surface area contributed by atoms with E-state index < -0.39 is 16.1 Å². The first-order valence-corrected chi connectivity index (χ1v) is 7.37. The van der Waals surface area contributed by atoms with E-state index in [1.54, 1.807) is 37.4 Å². The van der Waals surface area contributed by atoms with Crippen molar-refractivity contribution in [2.24, 2.45) is 0 Å². The van der Waals surface area contributed by atoms with Gasteiger partial charge in [0.05, 0.1) is 6.10 Å². The molecule has 1 atom stereocenters. The zero-order chi connectivity index (χ0) is 13.9. The van der Waals surface area contributed by atoms with Crippen molar-refractivity contribution in [2.75, 3.05) is 20.2 Å². The van der Waals surface area contributed by atoms with Gasteiger partial charge in [-0.25, -0.2) is 4.72 Å². The maximum absolute atomic E-state index is 12.0. The molecule has 1 aliphatic rings. The summed E-state index contributed by atoms with van der Waals surface area (Å²) in [7, 11) is -2.25. The summed E-state index contributed by atoms with van der Waals surface area (Å²) in [4.78, 5) is 11.8. The molecule has 1 amide bonds. The van der Waals surface area contributed by atoms with Crippen molar-refractivity contribution in [3.05, 3.63) is 35.9 Å². The highest BCUT2D eigenvalue weighted by molar-refractivity contribution is 7.87. The molecule has 104 valence electrons. The molecule has 0 aliphatic carbocycles. The van der Waals surface area contributed by atoms with Gasteiger partial charge in [0.1, 0.15) is 0 Å². The van der Waals surface area contributed by atoms with E-state index in [4.69, 9.17) is 4.74 Å². The van der Waals surface area contributed by atoms with Crippen LogP contribution < -0.4 is 4.72 Å². The summed E-state index contributed by atoms with van der Waals surface area (Å²) in [5, 5.41) is 0. The monoisotopic (exact) mass is 284 g/mol. The van der Waals surface area contributed by atoms with Crippen LogP contribution in [0.25, 0.3) is 0 Å². The second-order valence-electron chi connectivity index (χ2n) is 4.31. The number of ether oxygens (including phenoxy) is 1. The van der Waals surface area contributed by atoms with Crippen molar-refractivity contribution >= 4 is 16.1 Å². The number of hydrogen-bond acceptors (Lipinski definition) is 4. The van der Waals surface area contributed by atoms with Crippen molar-refractivity contribution < 1.29 is 17.9 Å². The van der Waals surface area contributed by atoms with Gasteiger partial charge in [-0.05, 0) is 18.6 Å². The van der Waals surface area contributed by atoms with Crippen LogP contribution in [0.4, 0.5) is 0 Å². The Balaban J connectivity index is 2.04. The first-order valence-electron chi connectivity index (χ1n) is 5.93.